The molecule has 0 radical (unpaired) electrons. The third kappa shape index (κ3) is 4.94. The summed E-state index contributed by atoms with van der Waals surface area (Å²) in [6, 6.07) is 12.0. The molecule has 7 nitrogen and oxygen atoms in total. The van der Waals surface area contributed by atoms with E-state index < -0.39 is 6.61 Å². The van der Waals surface area contributed by atoms with Crippen LogP contribution in [-0.2, 0) is 4.74 Å². The number of pyridine rings is 1. The summed E-state index contributed by atoms with van der Waals surface area (Å²) in [4.78, 5) is 6.59. The van der Waals surface area contributed by atoms with Gasteiger partial charge in [0.2, 0.25) is 0 Å². The van der Waals surface area contributed by atoms with E-state index in [0.717, 1.165) is 35.7 Å². The summed E-state index contributed by atoms with van der Waals surface area (Å²) in [6.45, 7) is 0.137. The van der Waals surface area contributed by atoms with E-state index in [4.69, 9.17) is 4.74 Å². The van der Waals surface area contributed by atoms with Gasteiger partial charge in [-0.15, -0.1) is 5.10 Å². The van der Waals surface area contributed by atoms with Gasteiger partial charge in [-0.05, 0) is 29.8 Å². The minimum atomic E-state index is -2.85. The zero-order valence-electron chi connectivity index (χ0n) is 15.5. The predicted octanol–water partition coefficient (Wildman–Crippen LogP) is 3.72. The molecule has 4 rings (SSSR count). The molecule has 1 aliphatic rings. The van der Waals surface area contributed by atoms with Crippen LogP contribution in [0.25, 0.3) is 11.1 Å². The van der Waals surface area contributed by atoms with Crippen molar-refractivity contribution >= 4 is 17.3 Å². The fourth-order valence-electron chi connectivity index (χ4n) is 3.02. The van der Waals surface area contributed by atoms with Crippen LogP contribution in [0, 0.1) is 0 Å². The second kappa shape index (κ2) is 8.78. The summed E-state index contributed by atoms with van der Waals surface area (Å²) in [5, 5.41) is 11.4. The standard InChI is InChI=1S/C20H19F2N5O2/c21-20(22)29-17-3-1-14(2-4-17)15-11-18(26-24-13-15)25-16-5-6-23-19(12-16)27-7-9-28-10-8-27/h1-6,11-13,20H,7-10H2,(H,23,25,26). The molecule has 0 unspecified atom stereocenters. The average Bonchev–Trinajstić information content (AvgIpc) is 2.75. The lowest BCUT2D eigenvalue weighted by Crippen LogP contribution is -2.36. The van der Waals surface area contributed by atoms with Crippen LogP contribution < -0.4 is 15.0 Å². The quantitative estimate of drug-likeness (QED) is 0.677. The molecular formula is C20H19F2N5O2. The number of benzene rings is 1. The number of hydrogen-bond acceptors (Lipinski definition) is 7. The van der Waals surface area contributed by atoms with E-state index >= 15 is 0 Å². The number of aromatic nitrogens is 3. The number of nitrogens with one attached hydrogen (secondary N) is 1. The molecule has 2 aromatic heterocycles. The van der Waals surface area contributed by atoms with Crippen molar-refractivity contribution in [2.45, 2.75) is 6.61 Å². The Morgan fingerprint density at radius 2 is 1.83 bits per heavy atom. The van der Waals surface area contributed by atoms with Crippen molar-refractivity contribution in [2.75, 3.05) is 36.5 Å². The van der Waals surface area contributed by atoms with E-state index in [1.54, 1.807) is 24.5 Å². The summed E-state index contributed by atoms with van der Waals surface area (Å²) in [5.74, 6) is 1.54. The number of halogens is 2. The molecule has 3 heterocycles. The maximum absolute atomic E-state index is 12.3. The van der Waals surface area contributed by atoms with Crippen LogP contribution in [0.15, 0.2) is 54.9 Å². The van der Waals surface area contributed by atoms with Gasteiger partial charge in [0.05, 0.1) is 19.4 Å². The third-order valence-corrected chi connectivity index (χ3v) is 4.42. The molecule has 0 aliphatic carbocycles. The van der Waals surface area contributed by atoms with Crippen LogP contribution in [0.1, 0.15) is 0 Å². The molecule has 150 valence electrons. The van der Waals surface area contributed by atoms with Gasteiger partial charge in [0.25, 0.3) is 0 Å². The summed E-state index contributed by atoms with van der Waals surface area (Å²) < 4.78 is 34.3. The first-order valence-electron chi connectivity index (χ1n) is 9.11. The number of anilines is 3. The minimum absolute atomic E-state index is 0.108. The van der Waals surface area contributed by atoms with Crippen molar-refractivity contribution in [1.29, 1.82) is 0 Å². The first-order valence-corrected chi connectivity index (χ1v) is 9.11. The van der Waals surface area contributed by atoms with Crippen molar-refractivity contribution in [3.8, 4) is 16.9 Å². The highest BCUT2D eigenvalue weighted by Gasteiger charge is 2.13. The summed E-state index contributed by atoms with van der Waals surface area (Å²) >= 11 is 0. The molecular weight excluding hydrogens is 380 g/mol. The molecule has 0 spiro atoms. The Balaban J connectivity index is 1.49. The smallest absolute Gasteiger partial charge is 0.387 e. The van der Waals surface area contributed by atoms with E-state index in [2.05, 4.69) is 30.1 Å². The van der Waals surface area contributed by atoms with Crippen LogP contribution in [0.2, 0.25) is 0 Å². The molecule has 1 aliphatic heterocycles. The van der Waals surface area contributed by atoms with Gasteiger partial charge in [0.15, 0.2) is 5.82 Å². The van der Waals surface area contributed by atoms with E-state index in [0.29, 0.717) is 19.0 Å². The van der Waals surface area contributed by atoms with Crippen LogP contribution in [0.3, 0.4) is 0 Å². The Kier molecular flexibility index (Phi) is 5.76. The maximum atomic E-state index is 12.3. The van der Waals surface area contributed by atoms with Gasteiger partial charge in [-0.1, -0.05) is 12.1 Å². The van der Waals surface area contributed by atoms with Crippen molar-refractivity contribution in [3.63, 3.8) is 0 Å². The SMILES string of the molecule is FC(F)Oc1ccc(-c2cnnc(Nc3ccnc(N4CCOCC4)c3)c2)cc1. The summed E-state index contributed by atoms with van der Waals surface area (Å²) in [6.07, 6.45) is 3.35. The Morgan fingerprint density at radius 1 is 1.03 bits per heavy atom. The number of alkyl halides is 2. The maximum Gasteiger partial charge on any atom is 0.387 e. The molecule has 3 aromatic rings. The highest BCUT2D eigenvalue weighted by Crippen LogP contribution is 2.26. The largest absolute Gasteiger partial charge is 0.435 e. The lowest BCUT2D eigenvalue weighted by atomic mass is 10.1. The number of ether oxygens (including phenoxy) is 2. The molecule has 0 atom stereocenters. The molecule has 0 bridgehead atoms. The van der Waals surface area contributed by atoms with Gasteiger partial charge in [-0.25, -0.2) is 4.98 Å². The van der Waals surface area contributed by atoms with Gasteiger partial charge in [-0.2, -0.15) is 13.9 Å². The molecule has 1 saturated heterocycles. The second-order valence-electron chi connectivity index (χ2n) is 6.36. The minimum Gasteiger partial charge on any atom is -0.435 e. The average molecular weight is 399 g/mol. The number of nitrogens with zero attached hydrogens (tertiary/aromatic N) is 4. The molecule has 0 amide bonds. The Bertz CT molecular complexity index is 950. The van der Waals surface area contributed by atoms with Gasteiger partial charge in [0.1, 0.15) is 11.6 Å². The summed E-state index contributed by atoms with van der Waals surface area (Å²) in [7, 11) is 0. The Labute approximate surface area is 166 Å². The van der Waals surface area contributed by atoms with E-state index in [-0.39, 0.29) is 5.75 Å². The molecule has 1 aromatic carbocycles. The Hall–Kier alpha value is -3.33. The van der Waals surface area contributed by atoms with Gasteiger partial charge in [-0.3, -0.25) is 0 Å². The normalized spacial score (nSPS) is 14.1. The fraction of sp³-hybridized carbons (Fsp3) is 0.250. The number of morpholine rings is 1. The molecule has 29 heavy (non-hydrogen) atoms. The predicted molar refractivity (Wildman–Crippen MR) is 105 cm³/mol. The van der Waals surface area contributed by atoms with Crippen molar-refractivity contribution < 1.29 is 18.3 Å². The molecule has 0 saturated carbocycles. The second-order valence-corrected chi connectivity index (χ2v) is 6.36. The molecule has 1 N–H and O–H groups in total. The molecule has 9 heteroatoms. The van der Waals surface area contributed by atoms with Crippen molar-refractivity contribution in [1.82, 2.24) is 15.2 Å². The lowest BCUT2D eigenvalue weighted by molar-refractivity contribution is -0.0498. The van der Waals surface area contributed by atoms with Crippen molar-refractivity contribution in [2.24, 2.45) is 0 Å². The van der Waals surface area contributed by atoms with E-state index in [1.165, 1.54) is 12.1 Å². The van der Waals surface area contributed by atoms with E-state index in [1.807, 2.05) is 18.2 Å². The van der Waals surface area contributed by atoms with Crippen LogP contribution >= 0.6 is 0 Å². The van der Waals surface area contributed by atoms with Gasteiger partial charge >= 0.3 is 6.61 Å². The topological polar surface area (TPSA) is 72.4 Å². The monoisotopic (exact) mass is 399 g/mol. The summed E-state index contributed by atoms with van der Waals surface area (Å²) in [5.41, 5.74) is 2.45. The first-order chi connectivity index (χ1) is 14.2. The Morgan fingerprint density at radius 3 is 2.59 bits per heavy atom. The van der Waals surface area contributed by atoms with Crippen molar-refractivity contribution in [3.05, 3.63) is 54.9 Å². The van der Waals surface area contributed by atoms with Gasteiger partial charge < -0.3 is 19.7 Å². The van der Waals surface area contributed by atoms with Crippen LogP contribution in [-0.4, -0.2) is 48.1 Å². The zero-order valence-corrected chi connectivity index (χ0v) is 15.5. The highest BCUT2D eigenvalue weighted by molar-refractivity contribution is 5.68. The van der Waals surface area contributed by atoms with Crippen LogP contribution in [0.5, 0.6) is 5.75 Å². The highest BCUT2D eigenvalue weighted by atomic mass is 19.3. The fourth-order valence-corrected chi connectivity index (χ4v) is 3.02. The number of hydrogen-bond donors (Lipinski definition) is 1. The van der Waals surface area contributed by atoms with Crippen LogP contribution in [0.4, 0.5) is 26.1 Å². The zero-order chi connectivity index (χ0) is 20.1. The molecule has 1 fully saturated rings. The number of rotatable bonds is 6. The first kappa shape index (κ1) is 19.0. The lowest BCUT2D eigenvalue weighted by Gasteiger charge is -2.28. The van der Waals surface area contributed by atoms with E-state index in [9.17, 15) is 8.78 Å². The third-order valence-electron chi connectivity index (χ3n) is 4.42. The van der Waals surface area contributed by atoms with Gasteiger partial charge in [0, 0.05) is 36.6 Å².